The minimum atomic E-state index is -1.13. The molecule has 0 bridgehead atoms. The highest BCUT2D eigenvalue weighted by Gasteiger charge is 2.53. The van der Waals surface area contributed by atoms with Gasteiger partial charge in [-0.15, -0.1) is 0 Å². The van der Waals surface area contributed by atoms with E-state index in [2.05, 4.69) is 9.83 Å². The van der Waals surface area contributed by atoms with Gasteiger partial charge in [0.1, 0.15) is 0 Å². The highest BCUT2D eigenvalue weighted by Crippen LogP contribution is 2.41. The Bertz CT molecular complexity index is 651. The Hall–Kier alpha value is -2.42. The molecule has 0 aliphatic carbocycles. The molecule has 22 heavy (non-hydrogen) atoms. The van der Waals surface area contributed by atoms with Crippen molar-refractivity contribution in [3.63, 3.8) is 0 Å². The van der Waals surface area contributed by atoms with Gasteiger partial charge in [0.05, 0.1) is 24.9 Å². The molecule has 1 unspecified atom stereocenters. The van der Waals surface area contributed by atoms with Crippen molar-refractivity contribution < 1.29 is 14.3 Å². The number of pyridine rings is 1. The highest BCUT2D eigenvalue weighted by molar-refractivity contribution is 6.04. The third-order valence-corrected chi connectivity index (χ3v) is 3.86. The van der Waals surface area contributed by atoms with Crippen LogP contribution in [0.5, 0.6) is 0 Å². The minimum absolute atomic E-state index is 0.156. The van der Waals surface area contributed by atoms with Gasteiger partial charge in [-0.1, -0.05) is 0 Å². The van der Waals surface area contributed by atoms with Crippen molar-refractivity contribution >= 4 is 17.6 Å². The van der Waals surface area contributed by atoms with E-state index in [4.69, 9.17) is 11.3 Å². The van der Waals surface area contributed by atoms with Gasteiger partial charge in [0, 0.05) is 19.0 Å². The van der Waals surface area contributed by atoms with E-state index >= 15 is 0 Å². The van der Waals surface area contributed by atoms with Gasteiger partial charge in [0.25, 0.3) is 0 Å². The number of hydrogen-bond acceptors (Lipinski definition) is 4. The SMILES string of the molecule is [C-]#[N+]CCC1(C(=O)OCC)Cc2cc(C)ncc2N1C(C)=O. The van der Waals surface area contributed by atoms with Crippen LogP contribution in [-0.4, -0.2) is 35.6 Å². The maximum atomic E-state index is 12.6. The molecular weight excluding hydrogens is 282 g/mol. The predicted octanol–water partition coefficient (Wildman–Crippen LogP) is 1.91. The number of carbonyl (C=O) groups excluding carboxylic acids is 2. The molecule has 0 radical (unpaired) electrons. The van der Waals surface area contributed by atoms with E-state index in [1.165, 1.54) is 11.8 Å². The number of anilines is 1. The molecule has 116 valence electrons. The van der Waals surface area contributed by atoms with E-state index in [-0.39, 0.29) is 25.5 Å². The summed E-state index contributed by atoms with van der Waals surface area (Å²) < 4.78 is 5.21. The molecule has 1 aliphatic rings. The summed E-state index contributed by atoms with van der Waals surface area (Å²) in [5, 5.41) is 0. The predicted molar refractivity (Wildman–Crippen MR) is 81.3 cm³/mol. The van der Waals surface area contributed by atoms with Crippen LogP contribution in [0.15, 0.2) is 12.3 Å². The summed E-state index contributed by atoms with van der Waals surface area (Å²) >= 11 is 0. The van der Waals surface area contributed by atoms with Crippen molar-refractivity contribution in [3.05, 3.63) is 34.9 Å². The lowest BCUT2D eigenvalue weighted by Gasteiger charge is -2.34. The quantitative estimate of drug-likeness (QED) is 0.629. The van der Waals surface area contributed by atoms with Crippen LogP contribution in [0.3, 0.4) is 0 Å². The van der Waals surface area contributed by atoms with E-state index in [9.17, 15) is 9.59 Å². The molecule has 1 aromatic rings. The molecule has 0 saturated heterocycles. The topological polar surface area (TPSA) is 63.9 Å². The van der Waals surface area contributed by atoms with E-state index in [1.807, 2.05) is 13.0 Å². The lowest BCUT2D eigenvalue weighted by molar-refractivity contribution is -0.151. The first-order valence-electron chi connectivity index (χ1n) is 7.23. The zero-order valence-corrected chi connectivity index (χ0v) is 13.0. The molecule has 0 N–H and O–H groups in total. The van der Waals surface area contributed by atoms with Crippen molar-refractivity contribution in [2.45, 2.75) is 39.2 Å². The van der Waals surface area contributed by atoms with Crippen LogP contribution in [0.1, 0.15) is 31.5 Å². The first-order valence-corrected chi connectivity index (χ1v) is 7.23. The smallest absolute Gasteiger partial charge is 0.333 e. The van der Waals surface area contributed by atoms with Crippen LogP contribution in [0.2, 0.25) is 0 Å². The molecular formula is C16H19N3O3. The highest BCUT2D eigenvalue weighted by atomic mass is 16.5. The molecule has 0 fully saturated rings. The zero-order valence-electron chi connectivity index (χ0n) is 13.0. The molecule has 2 rings (SSSR count). The third kappa shape index (κ3) is 2.54. The number of fused-ring (bicyclic) bond motifs is 1. The third-order valence-electron chi connectivity index (χ3n) is 3.86. The Labute approximate surface area is 129 Å². The van der Waals surface area contributed by atoms with Crippen molar-refractivity contribution in [1.82, 2.24) is 4.98 Å². The molecule has 0 spiro atoms. The van der Waals surface area contributed by atoms with Crippen LogP contribution < -0.4 is 4.90 Å². The monoisotopic (exact) mass is 301 g/mol. The van der Waals surface area contributed by atoms with Gasteiger partial charge in [-0.2, -0.15) is 0 Å². The average Bonchev–Trinajstić information content (AvgIpc) is 2.79. The van der Waals surface area contributed by atoms with Gasteiger partial charge in [-0.05, 0) is 25.5 Å². The lowest BCUT2D eigenvalue weighted by atomic mass is 9.90. The molecule has 2 heterocycles. The summed E-state index contributed by atoms with van der Waals surface area (Å²) in [4.78, 5) is 33.8. The largest absolute Gasteiger partial charge is 0.464 e. The molecule has 1 aliphatic heterocycles. The lowest BCUT2D eigenvalue weighted by Crippen LogP contribution is -2.56. The Morgan fingerprint density at radius 1 is 1.55 bits per heavy atom. The molecule has 0 aromatic carbocycles. The molecule has 1 amide bonds. The van der Waals surface area contributed by atoms with Crippen molar-refractivity contribution in [2.75, 3.05) is 18.1 Å². The number of hydrogen-bond donors (Lipinski definition) is 0. The van der Waals surface area contributed by atoms with Gasteiger partial charge < -0.3 is 9.58 Å². The van der Waals surface area contributed by atoms with Gasteiger partial charge in [0.2, 0.25) is 12.5 Å². The second-order valence-corrected chi connectivity index (χ2v) is 5.37. The fourth-order valence-corrected chi connectivity index (χ4v) is 3.02. The standard InChI is InChI=1S/C16H19N3O3/c1-5-22-15(21)16(6-7-17-4)9-13-8-11(2)18-10-14(13)19(16)12(3)20/h8,10H,5-7,9H2,1-3H3. The molecule has 6 heteroatoms. The van der Waals surface area contributed by atoms with Crippen molar-refractivity contribution in [2.24, 2.45) is 0 Å². The van der Waals surface area contributed by atoms with Gasteiger partial charge in [-0.25, -0.2) is 11.4 Å². The normalized spacial score (nSPS) is 19.5. The average molecular weight is 301 g/mol. The summed E-state index contributed by atoms with van der Waals surface area (Å²) in [5.74, 6) is -0.704. The number of aryl methyl sites for hydroxylation is 1. The summed E-state index contributed by atoms with van der Waals surface area (Å²) in [6.07, 6.45) is 2.23. The molecule has 0 saturated carbocycles. The number of amides is 1. The van der Waals surface area contributed by atoms with E-state index in [0.717, 1.165) is 11.3 Å². The second kappa shape index (κ2) is 6.14. The van der Waals surface area contributed by atoms with Gasteiger partial charge in [0.15, 0.2) is 5.54 Å². The Balaban J connectivity index is 2.55. The van der Waals surface area contributed by atoms with Gasteiger partial charge in [-0.3, -0.25) is 14.7 Å². The van der Waals surface area contributed by atoms with E-state index in [1.54, 1.807) is 13.1 Å². The number of ether oxygens (including phenoxy) is 1. The Kier molecular flexibility index (Phi) is 4.45. The van der Waals surface area contributed by atoms with Crippen LogP contribution in [-0.2, 0) is 20.7 Å². The maximum Gasteiger partial charge on any atom is 0.333 e. The number of nitrogens with zero attached hydrogens (tertiary/aromatic N) is 3. The van der Waals surface area contributed by atoms with E-state index < -0.39 is 11.5 Å². The van der Waals surface area contributed by atoms with E-state index in [0.29, 0.717) is 12.1 Å². The zero-order chi connectivity index (χ0) is 16.3. The van der Waals surface area contributed by atoms with Crippen LogP contribution in [0.4, 0.5) is 5.69 Å². The van der Waals surface area contributed by atoms with Crippen LogP contribution >= 0.6 is 0 Å². The summed E-state index contributed by atoms with van der Waals surface area (Å²) in [5.41, 5.74) is 1.22. The maximum absolute atomic E-state index is 12.6. The Morgan fingerprint density at radius 3 is 2.86 bits per heavy atom. The fourth-order valence-electron chi connectivity index (χ4n) is 3.02. The summed E-state index contributed by atoms with van der Waals surface area (Å²) in [7, 11) is 0. The Morgan fingerprint density at radius 2 is 2.27 bits per heavy atom. The van der Waals surface area contributed by atoms with Crippen molar-refractivity contribution in [3.8, 4) is 0 Å². The second-order valence-electron chi connectivity index (χ2n) is 5.37. The van der Waals surface area contributed by atoms with Crippen molar-refractivity contribution in [1.29, 1.82) is 0 Å². The van der Waals surface area contributed by atoms with Crippen LogP contribution in [0.25, 0.3) is 4.85 Å². The molecule has 6 nitrogen and oxygen atoms in total. The molecule has 1 atom stereocenters. The molecule has 1 aromatic heterocycles. The summed E-state index contributed by atoms with van der Waals surface area (Å²) in [6.45, 7) is 12.4. The fraction of sp³-hybridized carbons (Fsp3) is 0.500. The number of esters is 1. The first kappa shape index (κ1) is 16.0. The summed E-state index contributed by atoms with van der Waals surface area (Å²) in [6, 6.07) is 1.88. The number of carbonyl (C=O) groups is 2. The van der Waals surface area contributed by atoms with Gasteiger partial charge >= 0.3 is 5.97 Å². The number of aromatic nitrogens is 1. The first-order chi connectivity index (χ1) is 10.5. The van der Waals surface area contributed by atoms with Crippen LogP contribution in [0, 0.1) is 13.5 Å². The number of rotatable bonds is 4. The minimum Gasteiger partial charge on any atom is -0.464 e.